The fourth-order valence-corrected chi connectivity index (χ4v) is 1.96. The zero-order chi connectivity index (χ0) is 13.7. The molecule has 1 aromatic heterocycles. The number of aryl methyl sites for hydroxylation is 1. The number of ether oxygens (including phenoxy) is 2. The van der Waals surface area contributed by atoms with Crippen molar-refractivity contribution in [2.75, 3.05) is 7.11 Å². The first-order valence-electron chi connectivity index (χ1n) is 6.20. The lowest BCUT2D eigenvalue weighted by Crippen LogP contribution is -1.94. The minimum absolute atomic E-state index is 0.402. The maximum absolute atomic E-state index is 5.83. The molecule has 0 atom stereocenters. The van der Waals surface area contributed by atoms with Crippen LogP contribution in [-0.4, -0.2) is 12.1 Å². The third-order valence-corrected chi connectivity index (χ3v) is 2.88. The molecule has 100 valence electrons. The second-order valence-electron chi connectivity index (χ2n) is 4.14. The van der Waals surface area contributed by atoms with Crippen LogP contribution in [0.3, 0.4) is 0 Å². The first-order chi connectivity index (χ1) is 9.22. The summed E-state index contributed by atoms with van der Waals surface area (Å²) in [4.78, 5) is 4.09. The minimum atomic E-state index is 0.402. The Balaban J connectivity index is 2.24. The van der Waals surface area contributed by atoms with E-state index in [9.17, 15) is 0 Å². The van der Waals surface area contributed by atoms with Crippen molar-refractivity contribution in [2.24, 2.45) is 0 Å². The van der Waals surface area contributed by atoms with Crippen molar-refractivity contribution in [3.8, 4) is 17.4 Å². The van der Waals surface area contributed by atoms with Gasteiger partial charge >= 0.3 is 0 Å². The van der Waals surface area contributed by atoms with Crippen LogP contribution in [0.4, 0.5) is 0 Å². The molecule has 3 nitrogen and oxygen atoms in total. The van der Waals surface area contributed by atoms with Gasteiger partial charge in [0.25, 0.3) is 0 Å². The second kappa shape index (κ2) is 6.43. The molecule has 0 unspecified atom stereocenters. The number of pyridine rings is 1. The number of benzene rings is 1. The lowest BCUT2D eigenvalue weighted by atomic mass is 10.1. The van der Waals surface area contributed by atoms with Crippen molar-refractivity contribution in [1.82, 2.24) is 4.98 Å². The number of rotatable bonds is 5. The van der Waals surface area contributed by atoms with Crippen LogP contribution >= 0.6 is 11.6 Å². The predicted molar refractivity (Wildman–Crippen MR) is 76.3 cm³/mol. The molecule has 0 spiro atoms. The van der Waals surface area contributed by atoms with Gasteiger partial charge in [0.05, 0.1) is 7.11 Å². The molecule has 0 amide bonds. The van der Waals surface area contributed by atoms with Crippen molar-refractivity contribution in [1.29, 1.82) is 0 Å². The van der Waals surface area contributed by atoms with Crippen molar-refractivity contribution in [2.45, 2.75) is 19.8 Å². The van der Waals surface area contributed by atoms with Crippen LogP contribution in [0.5, 0.6) is 17.4 Å². The maximum atomic E-state index is 5.83. The van der Waals surface area contributed by atoms with Crippen LogP contribution in [0.15, 0.2) is 36.4 Å². The summed E-state index contributed by atoms with van der Waals surface area (Å²) >= 11 is 5.83. The summed E-state index contributed by atoms with van der Waals surface area (Å²) in [6, 6.07) is 11.2. The third kappa shape index (κ3) is 3.61. The van der Waals surface area contributed by atoms with E-state index in [1.807, 2.05) is 18.2 Å². The average molecular weight is 278 g/mol. The van der Waals surface area contributed by atoms with E-state index in [1.54, 1.807) is 25.3 Å². The van der Waals surface area contributed by atoms with Crippen LogP contribution in [0.1, 0.15) is 18.9 Å². The van der Waals surface area contributed by atoms with Crippen molar-refractivity contribution in [3.05, 3.63) is 47.1 Å². The maximum Gasteiger partial charge on any atom is 0.220 e. The zero-order valence-electron chi connectivity index (χ0n) is 11.0. The summed E-state index contributed by atoms with van der Waals surface area (Å²) in [7, 11) is 1.63. The van der Waals surface area contributed by atoms with Crippen LogP contribution in [0.2, 0.25) is 5.15 Å². The van der Waals surface area contributed by atoms with Gasteiger partial charge in [-0.1, -0.05) is 37.1 Å². The van der Waals surface area contributed by atoms with Gasteiger partial charge in [-0.3, -0.25) is 0 Å². The molecule has 2 rings (SSSR count). The summed E-state index contributed by atoms with van der Waals surface area (Å²) in [5.41, 5.74) is 1.23. The number of methoxy groups -OCH3 is 1. The Morgan fingerprint density at radius 3 is 2.68 bits per heavy atom. The molecular formula is C15H16ClNO2. The lowest BCUT2D eigenvalue weighted by Gasteiger charge is -2.11. The van der Waals surface area contributed by atoms with Gasteiger partial charge in [-0.25, -0.2) is 4.98 Å². The number of aromatic nitrogens is 1. The van der Waals surface area contributed by atoms with Gasteiger partial charge < -0.3 is 9.47 Å². The van der Waals surface area contributed by atoms with Crippen LogP contribution in [0, 0.1) is 0 Å². The van der Waals surface area contributed by atoms with Gasteiger partial charge in [0.15, 0.2) is 11.5 Å². The summed E-state index contributed by atoms with van der Waals surface area (Å²) in [6.45, 7) is 2.15. The smallest absolute Gasteiger partial charge is 0.220 e. The van der Waals surface area contributed by atoms with E-state index in [-0.39, 0.29) is 0 Å². The van der Waals surface area contributed by atoms with E-state index in [1.165, 1.54) is 5.56 Å². The Kier molecular flexibility index (Phi) is 4.63. The Bertz CT molecular complexity index is 558. The number of halogens is 1. The summed E-state index contributed by atoms with van der Waals surface area (Å²) in [6.07, 6.45) is 2.12. The SMILES string of the molecule is CCCc1ccc(Oc2cccc(Cl)n2)c(OC)c1. The molecule has 2 aromatic rings. The lowest BCUT2D eigenvalue weighted by molar-refractivity contribution is 0.373. The Morgan fingerprint density at radius 2 is 2.00 bits per heavy atom. The van der Waals surface area contributed by atoms with E-state index in [4.69, 9.17) is 21.1 Å². The summed E-state index contributed by atoms with van der Waals surface area (Å²) in [5.74, 6) is 1.79. The van der Waals surface area contributed by atoms with Gasteiger partial charge in [0.1, 0.15) is 5.15 Å². The van der Waals surface area contributed by atoms with Crippen molar-refractivity contribution in [3.63, 3.8) is 0 Å². The normalized spacial score (nSPS) is 10.3. The topological polar surface area (TPSA) is 31.4 Å². The number of nitrogens with zero attached hydrogens (tertiary/aromatic N) is 1. The monoisotopic (exact) mass is 277 g/mol. The van der Waals surface area contributed by atoms with Gasteiger partial charge in [-0.15, -0.1) is 0 Å². The molecule has 4 heteroatoms. The highest BCUT2D eigenvalue weighted by atomic mass is 35.5. The molecule has 0 aliphatic heterocycles. The first-order valence-corrected chi connectivity index (χ1v) is 6.58. The summed E-state index contributed by atoms with van der Waals surface area (Å²) < 4.78 is 11.0. The van der Waals surface area contributed by atoms with Gasteiger partial charge in [-0.05, 0) is 30.2 Å². The van der Waals surface area contributed by atoms with E-state index in [0.717, 1.165) is 12.8 Å². The molecule has 19 heavy (non-hydrogen) atoms. The zero-order valence-corrected chi connectivity index (χ0v) is 11.8. The highest BCUT2D eigenvalue weighted by Crippen LogP contribution is 2.32. The Labute approximate surface area is 118 Å². The first kappa shape index (κ1) is 13.7. The van der Waals surface area contributed by atoms with E-state index < -0.39 is 0 Å². The highest BCUT2D eigenvalue weighted by Gasteiger charge is 2.07. The highest BCUT2D eigenvalue weighted by molar-refractivity contribution is 6.29. The van der Waals surface area contributed by atoms with Crippen LogP contribution in [0.25, 0.3) is 0 Å². The predicted octanol–water partition coefficient (Wildman–Crippen LogP) is 4.49. The molecular weight excluding hydrogens is 262 g/mol. The van der Waals surface area contributed by atoms with Gasteiger partial charge in [-0.2, -0.15) is 0 Å². The molecule has 0 N–H and O–H groups in total. The standard InChI is InChI=1S/C15H16ClNO2/c1-3-5-11-8-9-12(13(10-11)18-2)19-15-7-4-6-14(16)17-15/h4,6-10H,3,5H2,1-2H3. The number of hydrogen-bond acceptors (Lipinski definition) is 3. The molecule has 1 heterocycles. The average Bonchev–Trinajstić information content (AvgIpc) is 2.41. The molecule has 0 saturated heterocycles. The minimum Gasteiger partial charge on any atom is -0.493 e. The number of hydrogen-bond donors (Lipinski definition) is 0. The Morgan fingerprint density at radius 1 is 1.16 bits per heavy atom. The van der Waals surface area contributed by atoms with E-state index in [2.05, 4.69) is 11.9 Å². The quantitative estimate of drug-likeness (QED) is 0.755. The second-order valence-corrected chi connectivity index (χ2v) is 4.52. The fraction of sp³-hybridized carbons (Fsp3) is 0.267. The molecule has 0 aliphatic rings. The molecule has 1 aromatic carbocycles. The Hall–Kier alpha value is -1.74. The van der Waals surface area contributed by atoms with E-state index in [0.29, 0.717) is 22.5 Å². The van der Waals surface area contributed by atoms with Crippen molar-refractivity contribution < 1.29 is 9.47 Å². The molecule has 0 aliphatic carbocycles. The van der Waals surface area contributed by atoms with Gasteiger partial charge in [0, 0.05) is 6.07 Å². The van der Waals surface area contributed by atoms with E-state index >= 15 is 0 Å². The molecule has 0 saturated carbocycles. The van der Waals surface area contributed by atoms with Crippen LogP contribution < -0.4 is 9.47 Å². The third-order valence-electron chi connectivity index (χ3n) is 2.67. The molecule has 0 radical (unpaired) electrons. The van der Waals surface area contributed by atoms with Gasteiger partial charge in [0.2, 0.25) is 5.88 Å². The van der Waals surface area contributed by atoms with Crippen molar-refractivity contribution >= 4 is 11.6 Å². The largest absolute Gasteiger partial charge is 0.493 e. The molecule has 0 fully saturated rings. The molecule has 0 bridgehead atoms. The fourth-order valence-electron chi connectivity index (χ4n) is 1.80. The van der Waals surface area contributed by atoms with Crippen LogP contribution in [-0.2, 0) is 6.42 Å². The summed E-state index contributed by atoms with van der Waals surface area (Å²) in [5, 5.41) is 0.402.